The topological polar surface area (TPSA) is 119 Å². The molecule has 4 saturated carbocycles. The van der Waals surface area contributed by atoms with Gasteiger partial charge in [0.25, 0.3) is 0 Å². The molecule has 0 heterocycles. The van der Waals surface area contributed by atoms with Gasteiger partial charge in [-0.1, -0.05) is 30.3 Å². The van der Waals surface area contributed by atoms with Crippen molar-refractivity contribution in [2.75, 3.05) is 27.2 Å². The molecule has 0 aliphatic heterocycles. The van der Waals surface area contributed by atoms with Crippen LogP contribution in [0.4, 0.5) is 0 Å². The van der Waals surface area contributed by atoms with Crippen molar-refractivity contribution in [3.8, 4) is 0 Å². The number of aliphatic carboxylic acids is 2. The smallest absolute Gasteiger partial charge is 0.414 e. The summed E-state index contributed by atoms with van der Waals surface area (Å²) in [5.41, 5.74) is 1.40. The van der Waals surface area contributed by atoms with Crippen LogP contribution in [0, 0.1) is 17.8 Å². The first-order valence-electron chi connectivity index (χ1n) is 11.4. The predicted octanol–water partition coefficient (Wildman–Crippen LogP) is 2.12. The molecule has 0 radical (unpaired) electrons. The molecule has 1 aromatic rings. The Balaban J connectivity index is 0.000000427. The number of rotatable bonds is 7. The second kappa shape index (κ2) is 10.4. The van der Waals surface area contributed by atoms with E-state index < -0.39 is 11.9 Å². The summed E-state index contributed by atoms with van der Waals surface area (Å²) in [5.74, 6) is -0.871. The first kappa shape index (κ1) is 24.2. The summed E-state index contributed by atoms with van der Waals surface area (Å²) in [6.07, 6.45) is 7.89. The number of benzene rings is 1. The molecule has 0 spiro atoms. The Labute approximate surface area is 189 Å². The average Bonchev–Trinajstić information content (AvgIpc) is 2.70. The Hall–Kier alpha value is -2.45. The van der Waals surface area contributed by atoms with Crippen LogP contribution < -0.4 is 10.6 Å². The van der Waals surface area contributed by atoms with Crippen LogP contribution in [0.15, 0.2) is 30.3 Å². The van der Waals surface area contributed by atoms with Crippen molar-refractivity contribution in [3.63, 3.8) is 0 Å². The van der Waals surface area contributed by atoms with Crippen LogP contribution >= 0.6 is 0 Å². The standard InChI is InChI=1S/C22H33N3O.C2H2O4/c1-25(2)20(19-6-4-3-5-7-19)14-23-15-21(26)24-22-11-16-8-17(12-22)10-18(9-16)13-22;3-1(4)2(5)6/h3-7,16-18,20,23H,8-15H2,1-2H3,(H,24,26);(H,3,4)(H,5,6). The van der Waals surface area contributed by atoms with Gasteiger partial charge in [-0.15, -0.1) is 0 Å². The molecular formula is C24H35N3O5. The summed E-state index contributed by atoms with van der Waals surface area (Å²) in [4.78, 5) is 33.0. The minimum absolute atomic E-state index is 0.119. The Morgan fingerprint density at radius 3 is 1.91 bits per heavy atom. The van der Waals surface area contributed by atoms with E-state index in [0.29, 0.717) is 6.54 Å². The average molecular weight is 446 g/mol. The number of carbonyl (C=O) groups is 3. The van der Waals surface area contributed by atoms with E-state index in [0.717, 1.165) is 24.3 Å². The van der Waals surface area contributed by atoms with E-state index in [2.05, 4.69) is 53.9 Å². The van der Waals surface area contributed by atoms with Gasteiger partial charge in [0.1, 0.15) is 0 Å². The van der Waals surface area contributed by atoms with E-state index in [-0.39, 0.29) is 17.5 Å². The highest BCUT2D eigenvalue weighted by Gasteiger charge is 2.51. The Bertz CT molecular complexity index is 764. The van der Waals surface area contributed by atoms with Gasteiger partial charge in [0, 0.05) is 18.1 Å². The Morgan fingerprint density at radius 1 is 0.969 bits per heavy atom. The van der Waals surface area contributed by atoms with Crippen LogP contribution in [0.5, 0.6) is 0 Å². The van der Waals surface area contributed by atoms with Crippen molar-refractivity contribution < 1.29 is 24.6 Å². The number of carboxylic acids is 2. The van der Waals surface area contributed by atoms with Gasteiger partial charge in [0.2, 0.25) is 5.91 Å². The molecule has 4 N–H and O–H groups in total. The molecule has 32 heavy (non-hydrogen) atoms. The van der Waals surface area contributed by atoms with Crippen LogP contribution in [0.3, 0.4) is 0 Å². The van der Waals surface area contributed by atoms with Crippen LogP contribution in [-0.2, 0) is 14.4 Å². The maximum Gasteiger partial charge on any atom is 0.414 e. The summed E-state index contributed by atoms with van der Waals surface area (Å²) in [6, 6.07) is 10.8. The van der Waals surface area contributed by atoms with Crippen molar-refractivity contribution >= 4 is 17.8 Å². The molecule has 1 aromatic carbocycles. The third kappa shape index (κ3) is 6.29. The fourth-order valence-electron chi connectivity index (χ4n) is 6.20. The van der Waals surface area contributed by atoms with Crippen molar-refractivity contribution in [3.05, 3.63) is 35.9 Å². The zero-order valence-corrected chi connectivity index (χ0v) is 18.9. The molecule has 0 aromatic heterocycles. The second-order valence-electron chi connectivity index (χ2n) is 9.88. The highest BCUT2D eigenvalue weighted by Crippen LogP contribution is 2.55. The number of hydrogen-bond donors (Lipinski definition) is 4. The molecular weight excluding hydrogens is 410 g/mol. The van der Waals surface area contributed by atoms with Gasteiger partial charge in [-0.3, -0.25) is 4.79 Å². The maximum atomic E-state index is 12.6. The predicted molar refractivity (Wildman–Crippen MR) is 120 cm³/mol. The van der Waals surface area contributed by atoms with Crippen molar-refractivity contribution in [1.29, 1.82) is 0 Å². The monoisotopic (exact) mass is 445 g/mol. The van der Waals surface area contributed by atoms with Crippen LogP contribution in [-0.4, -0.2) is 65.7 Å². The van der Waals surface area contributed by atoms with Crippen molar-refractivity contribution in [2.24, 2.45) is 17.8 Å². The number of amides is 1. The second-order valence-corrected chi connectivity index (χ2v) is 9.88. The van der Waals surface area contributed by atoms with Gasteiger partial charge in [-0.2, -0.15) is 0 Å². The summed E-state index contributed by atoms with van der Waals surface area (Å²) in [7, 11) is 4.18. The molecule has 1 unspecified atom stereocenters. The van der Waals surface area contributed by atoms with Gasteiger partial charge in [-0.25, -0.2) is 9.59 Å². The highest BCUT2D eigenvalue weighted by molar-refractivity contribution is 6.27. The lowest BCUT2D eigenvalue weighted by molar-refractivity contribution is -0.159. The molecule has 4 bridgehead atoms. The lowest BCUT2D eigenvalue weighted by atomic mass is 9.53. The largest absolute Gasteiger partial charge is 0.473 e. The van der Waals surface area contributed by atoms with E-state index in [4.69, 9.17) is 19.8 Å². The molecule has 4 fully saturated rings. The number of nitrogens with one attached hydrogen (secondary N) is 2. The minimum atomic E-state index is -1.82. The lowest BCUT2D eigenvalue weighted by Gasteiger charge is -2.56. The summed E-state index contributed by atoms with van der Waals surface area (Å²) in [6.45, 7) is 1.20. The van der Waals surface area contributed by atoms with Gasteiger partial charge < -0.3 is 25.7 Å². The molecule has 4 aliphatic rings. The first-order valence-corrected chi connectivity index (χ1v) is 11.4. The minimum Gasteiger partial charge on any atom is -0.473 e. The van der Waals surface area contributed by atoms with Gasteiger partial charge >= 0.3 is 11.9 Å². The quantitative estimate of drug-likeness (QED) is 0.475. The third-order valence-corrected chi connectivity index (χ3v) is 7.06. The molecule has 4 aliphatic carbocycles. The Kier molecular flexibility index (Phi) is 7.90. The van der Waals surface area contributed by atoms with E-state index >= 15 is 0 Å². The van der Waals surface area contributed by atoms with E-state index in [1.807, 2.05) is 6.07 Å². The first-order chi connectivity index (χ1) is 15.2. The van der Waals surface area contributed by atoms with Crippen molar-refractivity contribution in [1.82, 2.24) is 15.5 Å². The normalized spacial score (nSPS) is 28.5. The molecule has 8 nitrogen and oxygen atoms in total. The molecule has 0 saturated heterocycles. The fraction of sp³-hybridized carbons (Fsp3) is 0.625. The molecule has 1 atom stereocenters. The molecule has 176 valence electrons. The number of hydrogen-bond acceptors (Lipinski definition) is 5. The van der Waals surface area contributed by atoms with Gasteiger partial charge in [0.15, 0.2) is 0 Å². The third-order valence-electron chi connectivity index (χ3n) is 7.06. The van der Waals surface area contributed by atoms with Gasteiger partial charge in [0.05, 0.1) is 6.54 Å². The van der Waals surface area contributed by atoms with E-state index in [9.17, 15) is 4.79 Å². The SMILES string of the molecule is CN(C)C(CNCC(=O)NC12CC3CC(CC(C3)C1)C2)c1ccccc1.O=C(O)C(=O)O. The summed E-state index contributed by atoms with van der Waals surface area (Å²) in [5, 5.41) is 21.6. The highest BCUT2D eigenvalue weighted by atomic mass is 16.4. The lowest BCUT2D eigenvalue weighted by Crippen LogP contribution is -2.60. The number of nitrogens with zero attached hydrogens (tertiary/aromatic N) is 1. The number of likely N-dealkylation sites (N-methyl/N-ethyl adjacent to an activating group) is 1. The van der Waals surface area contributed by atoms with Crippen LogP contribution in [0.25, 0.3) is 0 Å². The number of carboxylic acid groups (broad SMARTS) is 2. The van der Waals surface area contributed by atoms with Crippen LogP contribution in [0.2, 0.25) is 0 Å². The zero-order chi connectivity index (χ0) is 23.3. The summed E-state index contributed by atoms with van der Waals surface area (Å²) < 4.78 is 0. The summed E-state index contributed by atoms with van der Waals surface area (Å²) >= 11 is 0. The van der Waals surface area contributed by atoms with Gasteiger partial charge in [-0.05, 0) is 75.9 Å². The zero-order valence-electron chi connectivity index (χ0n) is 18.9. The number of carbonyl (C=O) groups excluding carboxylic acids is 1. The van der Waals surface area contributed by atoms with E-state index in [1.54, 1.807) is 0 Å². The maximum absolute atomic E-state index is 12.6. The van der Waals surface area contributed by atoms with E-state index in [1.165, 1.54) is 44.1 Å². The molecule has 1 amide bonds. The Morgan fingerprint density at radius 2 is 1.47 bits per heavy atom. The molecule has 5 rings (SSSR count). The fourth-order valence-corrected chi connectivity index (χ4v) is 6.20. The van der Waals surface area contributed by atoms with Crippen LogP contribution in [0.1, 0.15) is 50.1 Å². The molecule has 8 heteroatoms. The van der Waals surface area contributed by atoms with Crippen molar-refractivity contribution in [2.45, 2.75) is 50.1 Å².